The van der Waals surface area contributed by atoms with E-state index in [-0.39, 0.29) is 4.75 Å². The molecule has 0 saturated heterocycles. The molecule has 0 aliphatic heterocycles. The molecular weight excluding hydrogens is 310 g/mol. The van der Waals surface area contributed by atoms with Crippen molar-refractivity contribution in [3.63, 3.8) is 0 Å². The molecular formula is C10H13BrClN3S. The first-order valence-corrected chi connectivity index (χ1v) is 6.57. The third kappa shape index (κ3) is 4.31. The number of rotatable bonds is 2. The van der Waals surface area contributed by atoms with E-state index in [4.69, 9.17) is 17.3 Å². The predicted molar refractivity (Wildman–Crippen MR) is 76.3 cm³/mol. The summed E-state index contributed by atoms with van der Waals surface area (Å²) in [6.07, 6.45) is 1.69. The molecule has 0 aliphatic carbocycles. The van der Waals surface area contributed by atoms with Crippen molar-refractivity contribution in [2.75, 3.05) is 5.73 Å². The maximum absolute atomic E-state index is 5.96. The number of nitrogens with two attached hydrogens (primary N) is 1. The molecule has 0 aromatic carbocycles. The van der Waals surface area contributed by atoms with Gasteiger partial charge in [0.1, 0.15) is 11.0 Å². The van der Waals surface area contributed by atoms with Crippen LogP contribution in [0.1, 0.15) is 26.3 Å². The van der Waals surface area contributed by atoms with Crippen LogP contribution in [0.4, 0.5) is 5.82 Å². The third-order valence-corrected chi connectivity index (χ3v) is 3.19. The van der Waals surface area contributed by atoms with Gasteiger partial charge in [0.2, 0.25) is 0 Å². The molecule has 88 valence electrons. The standard InChI is InChI=1S/C10H13BrClN3S/c1-10(2,3)16-14-5-6-7(11)4-8(13)15-9(6)12/h4-5H,1-3H3,(H2,13,15)/b14-5+. The Morgan fingerprint density at radius 2 is 2.19 bits per heavy atom. The molecule has 2 N–H and O–H groups in total. The molecule has 0 saturated carbocycles. The molecule has 0 spiro atoms. The van der Waals surface area contributed by atoms with Gasteiger partial charge in [-0.2, -0.15) is 0 Å². The van der Waals surface area contributed by atoms with Gasteiger partial charge < -0.3 is 5.73 Å². The van der Waals surface area contributed by atoms with E-state index >= 15 is 0 Å². The Morgan fingerprint density at radius 1 is 1.56 bits per heavy atom. The lowest BCUT2D eigenvalue weighted by Crippen LogP contribution is -2.05. The van der Waals surface area contributed by atoms with Gasteiger partial charge in [0, 0.05) is 21.0 Å². The van der Waals surface area contributed by atoms with Gasteiger partial charge in [-0.3, -0.25) is 0 Å². The summed E-state index contributed by atoms with van der Waals surface area (Å²) in [5, 5.41) is 0.352. The van der Waals surface area contributed by atoms with E-state index in [2.05, 4.69) is 46.1 Å². The SMILES string of the molecule is CC(C)(C)S/N=C/c1c(Br)cc(N)nc1Cl. The molecule has 1 rings (SSSR count). The average Bonchev–Trinajstić information content (AvgIpc) is 2.07. The van der Waals surface area contributed by atoms with Gasteiger partial charge in [0.25, 0.3) is 0 Å². The van der Waals surface area contributed by atoms with Crippen LogP contribution in [0.2, 0.25) is 5.15 Å². The van der Waals surface area contributed by atoms with Crippen LogP contribution in [0.15, 0.2) is 14.9 Å². The predicted octanol–water partition coefficient (Wildman–Crippen LogP) is 3.95. The second-order valence-electron chi connectivity index (χ2n) is 4.17. The minimum atomic E-state index is 0.0800. The normalized spacial score (nSPS) is 12.3. The number of nitrogens with zero attached hydrogens (tertiary/aromatic N) is 2. The van der Waals surface area contributed by atoms with Crippen molar-refractivity contribution in [3.8, 4) is 0 Å². The van der Waals surface area contributed by atoms with Gasteiger partial charge in [-0.15, -0.1) is 0 Å². The number of hydrogen-bond acceptors (Lipinski definition) is 4. The number of nitrogen functional groups attached to an aromatic ring is 1. The third-order valence-electron chi connectivity index (χ3n) is 1.49. The fourth-order valence-corrected chi connectivity index (χ4v) is 2.23. The monoisotopic (exact) mass is 321 g/mol. The minimum absolute atomic E-state index is 0.0800. The van der Waals surface area contributed by atoms with Crippen LogP contribution in [0.5, 0.6) is 0 Å². The molecule has 6 heteroatoms. The highest BCUT2D eigenvalue weighted by atomic mass is 79.9. The van der Waals surface area contributed by atoms with Gasteiger partial charge in [-0.25, -0.2) is 9.38 Å². The van der Waals surface area contributed by atoms with Crippen molar-refractivity contribution in [1.82, 2.24) is 4.98 Å². The lowest BCUT2D eigenvalue weighted by atomic mass is 10.3. The second kappa shape index (κ2) is 5.38. The molecule has 0 bridgehead atoms. The van der Waals surface area contributed by atoms with Crippen LogP contribution in [-0.4, -0.2) is 15.9 Å². The first-order chi connectivity index (χ1) is 7.29. The van der Waals surface area contributed by atoms with Crippen LogP contribution in [0.25, 0.3) is 0 Å². The number of anilines is 1. The molecule has 0 radical (unpaired) electrons. The Balaban J connectivity index is 2.90. The summed E-state index contributed by atoms with van der Waals surface area (Å²) >= 11 is 10.8. The summed E-state index contributed by atoms with van der Waals surface area (Å²) in [6, 6.07) is 1.70. The van der Waals surface area contributed by atoms with E-state index in [1.54, 1.807) is 12.3 Å². The van der Waals surface area contributed by atoms with E-state index in [1.165, 1.54) is 11.9 Å². The van der Waals surface area contributed by atoms with E-state index in [0.717, 1.165) is 10.0 Å². The number of halogens is 2. The van der Waals surface area contributed by atoms with Crippen molar-refractivity contribution in [3.05, 3.63) is 21.3 Å². The van der Waals surface area contributed by atoms with Crippen LogP contribution < -0.4 is 5.73 Å². The van der Waals surface area contributed by atoms with Crippen LogP contribution in [-0.2, 0) is 0 Å². The smallest absolute Gasteiger partial charge is 0.141 e. The molecule has 0 atom stereocenters. The van der Waals surface area contributed by atoms with E-state index < -0.39 is 0 Å². The number of aromatic nitrogens is 1. The Kier molecular flexibility index (Phi) is 4.64. The summed E-state index contributed by atoms with van der Waals surface area (Å²) in [6.45, 7) is 6.27. The molecule has 1 aromatic rings. The maximum atomic E-state index is 5.96. The molecule has 3 nitrogen and oxygen atoms in total. The zero-order valence-electron chi connectivity index (χ0n) is 9.29. The average molecular weight is 323 g/mol. The zero-order valence-corrected chi connectivity index (χ0v) is 12.4. The molecule has 1 heterocycles. The molecule has 16 heavy (non-hydrogen) atoms. The van der Waals surface area contributed by atoms with Crippen LogP contribution in [0, 0.1) is 0 Å². The van der Waals surface area contributed by atoms with Crippen molar-refractivity contribution in [2.24, 2.45) is 4.40 Å². The summed E-state index contributed by atoms with van der Waals surface area (Å²) < 4.78 is 5.14. The van der Waals surface area contributed by atoms with Crippen molar-refractivity contribution in [1.29, 1.82) is 0 Å². The highest BCUT2D eigenvalue weighted by Crippen LogP contribution is 2.27. The molecule has 1 aromatic heterocycles. The van der Waals surface area contributed by atoms with Crippen molar-refractivity contribution >= 4 is 51.5 Å². The van der Waals surface area contributed by atoms with Gasteiger partial charge in [-0.05, 0) is 54.7 Å². The van der Waals surface area contributed by atoms with Gasteiger partial charge >= 0.3 is 0 Å². The topological polar surface area (TPSA) is 51.3 Å². The number of pyridine rings is 1. The first kappa shape index (κ1) is 13.8. The van der Waals surface area contributed by atoms with Gasteiger partial charge in [0.15, 0.2) is 0 Å². The highest BCUT2D eigenvalue weighted by Gasteiger charge is 2.10. The van der Waals surface area contributed by atoms with Crippen molar-refractivity contribution < 1.29 is 0 Å². The Bertz CT molecular complexity index is 392. The summed E-state index contributed by atoms with van der Waals surface area (Å²) in [4.78, 5) is 3.96. The lowest BCUT2D eigenvalue weighted by Gasteiger charge is -2.12. The lowest BCUT2D eigenvalue weighted by molar-refractivity contribution is 0.804. The zero-order chi connectivity index (χ0) is 12.3. The second-order valence-corrected chi connectivity index (χ2v) is 7.00. The number of hydrogen-bond donors (Lipinski definition) is 1. The van der Waals surface area contributed by atoms with E-state index in [1.807, 2.05) is 0 Å². The van der Waals surface area contributed by atoms with Gasteiger partial charge in [-0.1, -0.05) is 11.6 Å². The largest absolute Gasteiger partial charge is 0.384 e. The molecule has 0 unspecified atom stereocenters. The van der Waals surface area contributed by atoms with Gasteiger partial charge in [0.05, 0.1) is 0 Å². The quantitative estimate of drug-likeness (QED) is 0.509. The van der Waals surface area contributed by atoms with E-state index in [9.17, 15) is 0 Å². The Morgan fingerprint density at radius 3 is 2.69 bits per heavy atom. The Hall–Kier alpha value is -0.260. The summed E-state index contributed by atoms with van der Waals surface area (Å²) in [7, 11) is 0. The maximum Gasteiger partial charge on any atom is 0.141 e. The summed E-state index contributed by atoms with van der Waals surface area (Å²) in [5.74, 6) is 0.387. The first-order valence-electron chi connectivity index (χ1n) is 4.62. The fourth-order valence-electron chi connectivity index (χ4n) is 0.864. The Labute approximate surface area is 113 Å². The molecule has 0 fully saturated rings. The summed E-state index contributed by atoms with van der Waals surface area (Å²) in [5.41, 5.74) is 6.29. The van der Waals surface area contributed by atoms with Crippen LogP contribution in [0.3, 0.4) is 0 Å². The minimum Gasteiger partial charge on any atom is -0.384 e. The molecule has 0 amide bonds. The van der Waals surface area contributed by atoms with E-state index in [0.29, 0.717) is 11.0 Å². The fraction of sp³-hybridized carbons (Fsp3) is 0.400. The van der Waals surface area contributed by atoms with Crippen LogP contribution >= 0.6 is 39.5 Å². The highest BCUT2D eigenvalue weighted by molar-refractivity contribution is 9.10. The van der Waals surface area contributed by atoms with Crippen molar-refractivity contribution in [2.45, 2.75) is 25.5 Å². The molecule has 0 aliphatic rings.